The number of nitrogens with one attached hydrogen (secondary N) is 1. The Kier molecular flexibility index (Phi) is 4.15. The molecule has 3 aromatic rings. The first kappa shape index (κ1) is 14.7. The van der Waals surface area contributed by atoms with Gasteiger partial charge in [0.2, 0.25) is 11.8 Å². The van der Waals surface area contributed by atoms with Crippen LogP contribution in [0.3, 0.4) is 0 Å². The van der Waals surface area contributed by atoms with Crippen LogP contribution in [0.25, 0.3) is 10.8 Å². The number of hydrogen-bond acceptors (Lipinski definition) is 4. The van der Waals surface area contributed by atoms with E-state index in [9.17, 15) is 4.79 Å². The van der Waals surface area contributed by atoms with E-state index in [0.29, 0.717) is 5.88 Å². The smallest absolute Gasteiger partial charge is 0.239 e. The molecule has 22 heavy (non-hydrogen) atoms. The maximum Gasteiger partial charge on any atom is 0.239 e. The molecule has 4 nitrogen and oxygen atoms in total. The second kappa shape index (κ2) is 6.23. The predicted octanol–water partition coefficient (Wildman–Crippen LogP) is 4.26. The molecule has 1 heterocycles. The second-order valence-electron chi connectivity index (χ2n) is 5.09. The summed E-state index contributed by atoms with van der Waals surface area (Å²) in [5, 5.41) is 8.62. The average molecular weight is 312 g/mol. The number of nitrogens with zero attached hydrogens (tertiary/aromatic N) is 1. The number of rotatable bonds is 4. The van der Waals surface area contributed by atoms with Gasteiger partial charge in [-0.1, -0.05) is 35.5 Å². The van der Waals surface area contributed by atoms with Crippen molar-refractivity contribution in [2.24, 2.45) is 0 Å². The number of benzene rings is 2. The van der Waals surface area contributed by atoms with Gasteiger partial charge in [-0.15, -0.1) is 11.8 Å². The molecule has 0 spiro atoms. The first-order valence-electron chi connectivity index (χ1n) is 7.01. The summed E-state index contributed by atoms with van der Waals surface area (Å²) in [5.74, 6) is 0.280. The third-order valence-electron chi connectivity index (χ3n) is 3.28. The lowest BCUT2D eigenvalue weighted by molar-refractivity contribution is -0.115. The van der Waals surface area contributed by atoms with E-state index < -0.39 is 0 Å². The average Bonchev–Trinajstić information content (AvgIpc) is 2.92. The molecule has 0 saturated carbocycles. The summed E-state index contributed by atoms with van der Waals surface area (Å²) >= 11 is 1.52. The van der Waals surface area contributed by atoms with Crippen molar-refractivity contribution in [1.82, 2.24) is 5.16 Å². The quantitative estimate of drug-likeness (QED) is 0.732. The minimum atomic E-state index is -0.230. The van der Waals surface area contributed by atoms with Crippen LogP contribution in [0, 0.1) is 6.92 Å². The minimum Gasteiger partial charge on any atom is -0.338 e. The lowest BCUT2D eigenvalue weighted by atomic mass is 10.1. The summed E-state index contributed by atoms with van der Waals surface area (Å²) in [6, 6.07) is 16.1. The zero-order chi connectivity index (χ0) is 15.5. The van der Waals surface area contributed by atoms with Crippen molar-refractivity contribution in [2.75, 3.05) is 5.32 Å². The van der Waals surface area contributed by atoms with Gasteiger partial charge in [0.1, 0.15) is 0 Å². The normalized spacial score (nSPS) is 12.3. The number of carbonyl (C=O) groups is 1. The summed E-state index contributed by atoms with van der Waals surface area (Å²) in [6.07, 6.45) is 0. The lowest BCUT2D eigenvalue weighted by Crippen LogP contribution is -2.22. The summed E-state index contributed by atoms with van der Waals surface area (Å²) in [4.78, 5) is 13.2. The van der Waals surface area contributed by atoms with E-state index in [2.05, 4.69) is 34.7 Å². The highest BCUT2D eigenvalue weighted by atomic mass is 32.2. The number of amides is 1. The fourth-order valence-electron chi connectivity index (χ4n) is 2.14. The van der Waals surface area contributed by atoms with Gasteiger partial charge in [-0.2, -0.15) is 0 Å². The van der Waals surface area contributed by atoms with Crippen LogP contribution >= 0.6 is 11.8 Å². The van der Waals surface area contributed by atoms with E-state index in [0.717, 1.165) is 10.6 Å². The molecule has 0 radical (unpaired) electrons. The number of anilines is 1. The van der Waals surface area contributed by atoms with E-state index in [1.54, 1.807) is 6.07 Å². The molecule has 3 rings (SSSR count). The highest BCUT2D eigenvalue weighted by molar-refractivity contribution is 8.00. The topological polar surface area (TPSA) is 55.1 Å². The largest absolute Gasteiger partial charge is 0.338 e. The van der Waals surface area contributed by atoms with Crippen LogP contribution in [-0.4, -0.2) is 16.3 Å². The Bertz CT molecular complexity index is 813. The third kappa shape index (κ3) is 3.31. The standard InChI is InChI=1S/C17H16N2O2S/c1-11-9-16(21-19-11)18-17(20)12(2)22-15-8-7-13-5-3-4-6-14(13)10-15/h3-10,12H,1-2H3,(H,18,20)/t12-/m1/s1. The van der Waals surface area contributed by atoms with Gasteiger partial charge in [-0.3, -0.25) is 10.1 Å². The van der Waals surface area contributed by atoms with Gasteiger partial charge in [-0.25, -0.2) is 0 Å². The maximum atomic E-state index is 12.2. The molecule has 0 bridgehead atoms. The second-order valence-corrected chi connectivity index (χ2v) is 6.51. The van der Waals surface area contributed by atoms with Gasteiger partial charge in [0.15, 0.2) is 0 Å². The zero-order valence-electron chi connectivity index (χ0n) is 12.4. The number of aryl methyl sites for hydroxylation is 1. The van der Waals surface area contributed by atoms with Crippen LogP contribution in [0.2, 0.25) is 0 Å². The van der Waals surface area contributed by atoms with Gasteiger partial charge < -0.3 is 4.52 Å². The molecule has 0 aliphatic heterocycles. The van der Waals surface area contributed by atoms with Gasteiger partial charge in [0.25, 0.3) is 0 Å². The number of hydrogen-bond donors (Lipinski definition) is 1. The molecule has 0 aliphatic rings. The SMILES string of the molecule is Cc1cc(NC(=O)[C@@H](C)Sc2ccc3ccccc3c2)on1. The van der Waals surface area contributed by atoms with Crippen LogP contribution in [0.5, 0.6) is 0 Å². The van der Waals surface area contributed by atoms with E-state index >= 15 is 0 Å². The Morgan fingerprint density at radius 1 is 1.18 bits per heavy atom. The first-order valence-corrected chi connectivity index (χ1v) is 7.89. The van der Waals surface area contributed by atoms with Crippen molar-refractivity contribution in [3.63, 3.8) is 0 Å². The highest BCUT2D eigenvalue weighted by Gasteiger charge is 2.16. The van der Waals surface area contributed by atoms with E-state index in [-0.39, 0.29) is 11.2 Å². The molecule has 1 atom stereocenters. The predicted molar refractivity (Wildman–Crippen MR) is 89.1 cm³/mol. The summed E-state index contributed by atoms with van der Waals surface area (Å²) < 4.78 is 5.00. The molecule has 0 saturated heterocycles. The monoisotopic (exact) mass is 312 g/mol. The zero-order valence-corrected chi connectivity index (χ0v) is 13.2. The van der Waals surface area contributed by atoms with Crippen LogP contribution in [-0.2, 0) is 4.79 Å². The molecule has 1 N–H and O–H groups in total. The maximum absolute atomic E-state index is 12.2. The first-order chi connectivity index (χ1) is 10.6. The minimum absolute atomic E-state index is 0.102. The highest BCUT2D eigenvalue weighted by Crippen LogP contribution is 2.27. The molecule has 112 valence electrons. The fourth-order valence-corrected chi connectivity index (χ4v) is 3.06. The fraction of sp³-hybridized carbons (Fsp3) is 0.176. The molecule has 5 heteroatoms. The Balaban J connectivity index is 1.69. The molecule has 2 aromatic carbocycles. The van der Waals surface area contributed by atoms with Crippen LogP contribution in [0.1, 0.15) is 12.6 Å². The van der Waals surface area contributed by atoms with Crippen molar-refractivity contribution in [2.45, 2.75) is 24.0 Å². The molecule has 0 aliphatic carbocycles. The van der Waals surface area contributed by atoms with Gasteiger partial charge in [-0.05, 0) is 36.8 Å². The third-order valence-corrected chi connectivity index (χ3v) is 4.37. The van der Waals surface area contributed by atoms with Crippen molar-refractivity contribution in [1.29, 1.82) is 0 Å². The van der Waals surface area contributed by atoms with Crippen molar-refractivity contribution in [3.8, 4) is 0 Å². The van der Waals surface area contributed by atoms with E-state index in [4.69, 9.17) is 4.52 Å². The molecule has 0 unspecified atom stereocenters. The number of fused-ring (bicyclic) bond motifs is 1. The summed E-state index contributed by atoms with van der Waals surface area (Å²) in [5.41, 5.74) is 0.741. The number of carbonyl (C=O) groups excluding carboxylic acids is 1. The lowest BCUT2D eigenvalue weighted by Gasteiger charge is -2.10. The molecule has 1 amide bonds. The Morgan fingerprint density at radius 3 is 2.68 bits per heavy atom. The number of aromatic nitrogens is 1. The number of thioether (sulfide) groups is 1. The Labute approximate surface area is 132 Å². The van der Waals surface area contributed by atoms with Gasteiger partial charge in [0, 0.05) is 11.0 Å². The van der Waals surface area contributed by atoms with E-state index in [1.807, 2.05) is 32.0 Å². The van der Waals surface area contributed by atoms with Gasteiger partial charge in [0.05, 0.1) is 10.9 Å². The van der Waals surface area contributed by atoms with Gasteiger partial charge >= 0.3 is 0 Å². The van der Waals surface area contributed by atoms with Crippen LogP contribution in [0.15, 0.2) is 57.9 Å². The van der Waals surface area contributed by atoms with Crippen molar-refractivity contribution >= 4 is 34.3 Å². The molecular weight excluding hydrogens is 296 g/mol. The van der Waals surface area contributed by atoms with Crippen LogP contribution < -0.4 is 5.32 Å². The Hall–Kier alpha value is -2.27. The molecule has 0 fully saturated rings. The molecular formula is C17H16N2O2S. The van der Waals surface area contributed by atoms with Crippen molar-refractivity contribution < 1.29 is 9.32 Å². The summed E-state index contributed by atoms with van der Waals surface area (Å²) in [7, 11) is 0. The molecule has 1 aromatic heterocycles. The van der Waals surface area contributed by atoms with Crippen LogP contribution in [0.4, 0.5) is 5.88 Å². The Morgan fingerprint density at radius 2 is 1.95 bits per heavy atom. The summed E-state index contributed by atoms with van der Waals surface area (Å²) in [6.45, 7) is 3.69. The van der Waals surface area contributed by atoms with Crippen molar-refractivity contribution in [3.05, 3.63) is 54.2 Å². The van der Waals surface area contributed by atoms with E-state index in [1.165, 1.54) is 22.5 Å².